The van der Waals surface area contributed by atoms with Crippen LogP contribution in [0.2, 0.25) is 0 Å². The predicted molar refractivity (Wildman–Crippen MR) is 91.8 cm³/mol. The highest BCUT2D eigenvalue weighted by molar-refractivity contribution is 7.98. The molecule has 1 aliphatic rings. The summed E-state index contributed by atoms with van der Waals surface area (Å²) in [6.45, 7) is 0. The molecule has 0 atom stereocenters. The molecule has 0 unspecified atom stereocenters. The Morgan fingerprint density at radius 3 is 2.86 bits per heavy atom. The molecule has 21 heavy (non-hydrogen) atoms. The molecule has 2 nitrogen and oxygen atoms in total. The van der Waals surface area contributed by atoms with Gasteiger partial charge in [0.15, 0.2) is 0 Å². The second kappa shape index (κ2) is 6.67. The Morgan fingerprint density at radius 1 is 1.19 bits per heavy atom. The molecule has 0 radical (unpaired) electrons. The molecule has 0 aliphatic heterocycles. The monoisotopic (exact) mass is 317 g/mol. The molecule has 0 spiro atoms. The molecular formula is C17H19NOS2. The minimum absolute atomic E-state index is 0.0228. The number of fused-ring (bicyclic) bond motifs is 1. The third-order valence-electron chi connectivity index (χ3n) is 3.83. The van der Waals surface area contributed by atoms with Crippen LogP contribution in [0.15, 0.2) is 35.2 Å². The van der Waals surface area contributed by atoms with Crippen molar-refractivity contribution in [2.45, 2.75) is 37.0 Å². The van der Waals surface area contributed by atoms with Crippen molar-refractivity contribution in [1.29, 1.82) is 0 Å². The highest BCUT2D eigenvalue weighted by Crippen LogP contribution is 2.30. The first-order valence-electron chi connectivity index (χ1n) is 7.34. The highest BCUT2D eigenvalue weighted by atomic mass is 32.2. The van der Waals surface area contributed by atoms with E-state index in [0.29, 0.717) is 0 Å². The number of carbonyl (C=O) groups excluding carboxylic acids is 1. The van der Waals surface area contributed by atoms with E-state index in [1.54, 1.807) is 23.1 Å². The van der Waals surface area contributed by atoms with Gasteiger partial charge in [0.1, 0.15) is 0 Å². The van der Waals surface area contributed by atoms with Crippen LogP contribution >= 0.6 is 23.1 Å². The summed E-state index contributed by atoms with van der Waals surface area (Å²) >= 11 is 3.32. The summed E-state index contributed by atoms with van der Waals surface area (Å²) in [5.41, 5.74) is 2.29. The van der Waals surface area contributed by atoms with Crippen LogP contribution in [0.3, 0.4) is 0 Å². The first-order chi connectivity index (χ1) is 10.3. The van der Waals surface area contributed by atoms with Crippen molar-refractivity contribution < 1.29 is 4.79 Å². The van der Waals surface area contributed by atoms with Crippen LogP contribution in [0.5, 0.6) is 0 Å². The van der Waals surface area contributed by atoms with Gasteiger partial charge in [-0.05, 0) is 55.7 Å². The van der Waals surface area contributed by atoms with Gasteiger partial charge < -0.3 is 5.32 Å². The van der Waals surface area contributed by atoms with Crippen molar-refractivity contribution in [3.63, 3.8) is 0 Å². The number of rotatable bonds is 3. The van der Waals surface area contributed by atoms with Crippen molar-refractivity contribution >= 4 is 34.7 Å². The number of benzene rings is 1. The number of hydrogen-bond acceptors (Lipinski definition) is 3. The number of hydrogen-bond donors (Lipinski definition) is 1. The minimum atomic E-state index is 0.0228. The second-order valence-corrected chi connectivity index (χ2v) is 7.26. The van der Waals surface area contributed by atoms with Gasteiger partial charge in [-0.1, -0.05) is 18.6 Å². The van der Waals surface area contributed by atoms with Gasteiger partial charge in [0.2, 0.25) is 0 Å². The van der Waals surface area contributed by atoms with Crippen LogP contribution in [-0.4, -0.2) is 12.2 Å². The highest BCUT2D eigenvalue weighted by Gasteiger charge is 2.17. The van der Waals surface area contributed by atoms with Gasteiger partial charge in [-0.25, -0.2) is 0 Å². The maximum Gasteiger partial charge on any atom is 0.265 e. The van der Waals surface area contributed by atoms with Gasteiger partial charge in [-0.15, -0.1) is 23.1 Å². The van der Waals surface area contributed by atoms with Crippen LogP contribution in [-0.2, 0) is 12.8 Å². The zero-order chi connectivity index (χ0) is 14.7. The normalized spacial score (nSPS) is 14.3. The summed E-state index contributed by atoms with van der Waals surface area (Å²) in [7, 11) is 0. The third-order valence-corrected chi connectivity index (χ3v) is 5.86. The van der Waals surface area contributed by atoms with Crippen LogP contribution < -0.4 is 5.32 Å². The molecule has 2 aromatic rings. The summed E-state index contributed by atoms with van der Waals surface area (Å²) in [5, 5.41) is 3.05. The van der Waals surface area contributed by atoms with Crippen LogP contribution in [0.25, 0.3) is 0 Å². The molecule has 0 saturated carbocycles. The smallest absolute Gasteiger partial charge is 0.265 e. The Labute approximate surface area is 134 Å². The first kappa shape index (κ1) is 14.7. The number of amides is 1. The molecule has 1 heterocycles. The van der Waals surface area contributed by atoms with Gasteiger partial charge in [0.05, 0.1) is 10.6 Å². The topological polar surface area (TPSA) is 29.1 Å². The third kappa shape index (κ3) is 3.33. The van der Waals surface area contributed by atoms with E-state index in [1.807, 2.05) is 30.5 Å². The maximum atomic E-state index is 12.5. The quantitative estimate of drug-likeness (QED) is 0.638. The number of carbonyl (C=O) groups is 1. The zero-order valence-electron chi connectivity index (χ0n) is 12.1. The molecule has 1 amide bonds. The van der Waals surface area contributed by atoms with Gasteiger partial charge in [-0.3, -0.25) is 4.79 Å². The molecule has 1 aliphatic carbocycles. The molecule has 1 aromatic carbocycles. The summed E-state index contributed by atoms with van der Waals surface area (Å²) < 4.78 is 0. The average Bonchev–Trinajstić information content (AvgIpc) is 2.79. The van der Waals surface area contributed by atoms with E-state index < -0.39 is 0 Å². The number of para-hydroxylation sites is 1. The Balaban J connectivity index is 1.79. The molecule has 110 valence electrons. The summed E-state index contributed by atoms with van der Waals surface area (Å²) in [6, 6.07) is 10.0. The van der Waals surface area contributed by atoms with Crippen molar-refractivity contribution in [3.05, 3.63) is 45.6 Å². The second-order valence-electron chi connectivity index (χ2n) is 5.27. The van der Waals surface area contributed by atoms with E-state index in [9.17, 15) is 4.79 Å². The molecule has 3 rings (SSSR count). The lowest BCUT2D eigenvalue weighted by Crippen LogP contribution is -2.10. The Hall–Kier alpha value is -1.26. The average molecular weight is 317 g/mol. The summed E-state index contributed by atoms with van der Waals surface area (Å²) in [6.07, 6.45) is 8.10. The Morgan fingerprint density at radius 2 is 2.00 bits per heavy atom. The lowest BCUT2D eigenvalue weighted by atomic mass is 10.1. The van der Waals surface area contributed by atoms with Gasteiger partial charge in [0.25, 0.3) is 5.91 Å². The summed E-state index contributed by atoms with van der Waals surface area (Å²) in [4.78, 5) is 15.8. The fraction of sp³-hybridized carbons (Fsp3) is 0.353. The van der Waals surface area contributed by atoms with Crippen molar-refractivity contribution in [1.82, 2.24) is 0 Å². The van der Waals surface area contributed by atoms with E-state index in [2.05, 4.69) is 11.4 Å². The molecule has 0 bridgehead atoms. The number of nitrogens with one attached hydrogen (secondary N) is 1. The zero-order valence-corrected chi connectivity index (χ0v) is 13.8. The van der Waals surface area contributed by atoms with Crippen molar-refractivity contribution in [2.24, 2.45) is 0 Å². The standard InChI is InChI=1S/C17H19NOS2/c1-20-15-10-6-5-8-13(15)18-17(19)16-11-12-7-3-2-4-9-14(12)21-16/h5-6,8,10-11H,2-4,7,9H2,1H3,(H,18,19). The Kier molecular flexibility index (Phi) is 4.66. The van der Waals surface area contributed by atoms with Crippen LogP contribution in [0.4, 0.5) is 5.69 Å². The van der Waals surface area contributed by atoms with Gasteiger partial charge in [0, 0.05) is 9.77 Å². The summed E-state index contributed by atoms with van der Waals surface area (Å²) in [5.74, 6) is 0.0228. The predicted octanol–water partition coefficient (Wildman–Crippen LogP) is 4.99. The number of thiophene rings is 1. The van der Waals surface area contributed by atoms with E-state index in [4.69, 9.17) is 0 Å². The van der Waals surface area contributed by atoms with Crippen LogP contribution in [0, 0.1) is 0 Å². The molecule has 4 heteroatoms. The molecule has 0 saturated heterocycles. The largest absolute Gasteiger partial charge is 0.320 e. The maximum absolute atomic E-state index is 12.5. The molecule has 1 N–H and O–H groups in total. The molecule has 1 aromatic heterocycles. The number of aryl methyl sites for hydroxylation is 2. The lowest BCUT2D eigenvalue weighted by molar-refractivity contribution is 0.103. The molecule has 0 fully saturated rings. The fourth-order valence-electron chi connectivity index (χ4n) is 2.71. The number of anilines is 1. The van der Waals surface area contributed by atoms with E-state index in [1.165, 1.54) is 29.7 Å². The van der Waals surface area contributed by atoms with E-state index >= 15 is 0 Å². The Bertz CT molecular complexity index is 624. The SMILES string of the molecule is CSc1ccccc1NC(=O)c1cc2c(s1)CCCCC2. The van der Waals surface area contributed by atoms with E-state index in [0.717, 1.165) is 28.3 Å². The van der Waals surface area contributed by atoms with Gasteiger partial charge in [-0.2, -0.15) is 0 Å². The van der Waals surface area contributed by atoms with Crippen molar-refractivity contribution in [3.8, 4) is 0 Å². The first-order valence-corrected chi connectivity index (χ1v) is 9.38. The fourth-order valence-corrected chi connectivity index (χ4v) is 4.41. The van der Waals surface area contributed by atoms with Crippen molar-refractivity contribution in [2.75, 3.05) is 11.6 Å². The minimum Gasteiger partial charge on any atom is -0.320 e. The van der Waals surface area contributed by atoms with Gasteiger partial charge >= 0.3 is 0 Å². The molecular weight excluding hydrogens is 298 g/mol. The lowest BCUT2D eigenvalue weighted by Gasteiger charge is -2.07. The number of thioether (sulfide) groups is 1. The van der Waals surface area contributed by atoms with E-state index in [-0.39, 0.29) is 5.91 Å². The van der Waals surface area contributed by atoms with Crippen LogP contribution in [0.1, 0.15) is 39.4 Å².